The number of piperidine rings is 2. The van der Waals surface area contributed by atoms with E-state index in [1.54, 1.807) is 11.0 Å². The van der Waals surface area contributed by atoms with Gasteiger partial charge in [-0.1, -0.05) is 41.9 Å². The first kappa shape index (κ1) is 26.5. The van der Waals surface area contributed by atoms with Crippen LogP contribution in [0, 0.1) is 5.41 Å². The van der Waals surface area contributed by atoms with E-state index < -0.39 is 11.0 Å². The molecule has 0 saturated carbocycles. The number of ether oxygens (including phenoxy) is 1. The molecule has 5 rings (SSSR count). The third kappa shape index (κ3) is 5.13. The largest absolute Gasteiger partial charge is 0.444 e. The molecule has 2 N–H and O–H groups in total. The van der Waals surface area contributed by atoms with Gasteiger partial charge in [0.05, 0.1) is 11.1 Å². The minimum absolute atomic E-state index is 0.0840. The second kappa shape index (κ2) is 9.91. The van der Waals surface area contributed by atoms with Crippen molar-refractivity contribution in [2.75, 3.05) is 49.9 Å². The third-order valence-electron chi connectivity index (χ3n) is 8.28. The number of benzene rings is 1. The zero-order chi connectivity index (χ0) is 27.1. The van der Waals surface area contributed by atoms with E-state index in [2.05, 4.69) is 27.2 Å². The van der Waals surface area contributed by atoms with Crippen LogP contribution in [0.2, 0.25) is 5.15 Å². The number of hydrogen-bond donors (Lipinski definition) is 1. The summed E-state index contributed by atoms with van der Waals surface area (Å²) in [4.78, 5) is 32.6. The number of carbonyl (C=O) groups excluding carboxylic acids is 2. The molecule has 4 heterocycles. The highest BCUT2D eigenvalue weighted by Gasteiger charge is 2.53. The number of nitrogens with zero attached hydrogens (tertiary/aromatic N) is 5. The SMILES string of the molecule is CC(C)(C)OC(=O)N1CCC2(CC1)CN(C(=O)C1(c3ccccc3)CCN(c3cc(Cl)nnc3N)CC1)C2. The lowest BCUT2D eigenvalue weighted by Gasteiger charge is -2.56. The highest BCUT2D eigenvalue weighted by Crippen LogP contribution is 2.46. The molecule has 0 radical (unpaired) electrons. The van der Waals surface area contributed by atoms with Gasteiger partial charge in [0, 0.05) is 50.7 Å². The molecule has 0 atom stereocenters. The van der Waals surface area contributed by atoms with Crippen molar-refractivity contribution < 1.29 is 14.3 Å². The summed E-state index contributed by atoms with van der Waals surface area (Å²) in [5.74, 6) is 0.540. The van der Waals surface area contributed by atoms with Crippen LogP contribution in [-0.2, 0) is 14.9 Å². The molecule has 0 aliphatic carbocycles. The number of anilines is 2. The van der Waals surface area contributed by atoms with E-state index in [1.165, 1.54) is 0 Å². The molecule has 2 aromatic rings. The fourth-order valence-electron chi connectivity index (χ4n) is 6.15. The van der Waals surface area contributed by atoms with Gasteiger partial charge < -0.3 is 25.2 Å². The number of aromatic nitrogens is 2. The molecule has 0 bridgehead atoms. The molecular formula is C28H37ClN6O3. The summed E-state index contributed by atoms with van der Waals surface area (Å²) in [5, 5.41) is 8.09. The van der Waals surface area contributed by atoms with E-state index in [0.29, 0.717) is 50.0 Å². The monoisotopic (exact) mass is 540 g/mol. The summed E-state index contributed by atoms with van der Waals surface area (Å²) < 4.78 is 5.55. The molecule has 0 unspecified atom stereocenters. The zero-order valence-electron chi connectivity index (χ0n) is 22.5. The first-order valence-corrected chi connectivity index (χ1v) is 13.7. The zero-order valence-corrected chi connectivity index (χ0v) is 23.2. The van der Waals surface area contributed by atoms with Crippen molar-refractivity contribution >= 4 is 35.1 Å². The fraction of sp³-hybridized carbons (Fsp3) is 0.571. The topological polar surface area (TPSA) is 105 Å². The van der Waals surface area contributed by atoms with Gasteiger partial charge in [-0.05, 0) is 52.0 Å². The quantitative estimate of drug-likeness (QED) is 0.624. The van der Waals surface area contributed by atoms with Crippen molar-refractivity contribution in [1.29, 1.82) is 0 Å². The standard InChI is InChI=1S/C28H37ClN6O3/c1-26(2,3)38-25(37)34-13-9-27(10-14-34)18-35(19-27)24(36)28(20-7-5-4-6-8-20)11-15-33(16-12-28)21-17-22(29)31-32-23(21)30/h4-8,17H,9-16,18-19H2,1-3H3,(H2,30,32). The van der Waals surface area contributed by atoms with Crippen LogP contribution in [0.3, 0.4) is 0 Å². The minimum Gasteiger partial charge on any atom is -0.444 e. The fourth-order valence-corrected chi connectivity index (χ4v) is 6.29. The normalized spacial score (nSPS) is 20.7. The van der Waals surface area contributed by atoms with Crippen LogP contribution in [0.4, 0.5) is 16.3 Å². The maximum absolute atomic E-state index is 14.2. The third-order valence-corrected chi connectivity index (χ3v) is 8.47. The smallest absolute Gasteiger partial charge is 0.410 e. The minimum atomic E-state index is -0.588. The van der Waals surface area contributed by atoms with Gasteiger partial charge in [-0.3, -0.25) is 4.79 Å². The Bertz CT molecular complexity index is 1180. The molecule has 3 saturated heterocycles. The van der Waals surface area contributed by atoms with Crippen molar-refractivity contribution in [1.82, 2.24) is 20.0 Å². The molecular weight excluding hydrogens is 504 g/mol. The van der Waals surface area contributed by atoms with Gasteiger partial charge in [-0.25, -0.2) is 4.79 Å². The van der Waals surface area contributed by atoms with E-state index in [-0.39, 0.29) is 17.4 Å². The second-order valence-electron chi connectivity index (χ2n) is 12.0. The van der Waals surface area contributed by atoms with Gasteiger partial charge in [-0.2, -0.15) is 0 Å². The lowest BCUT2D eigenvalue weighted by atomic mass is 9.67. The van der Waals surface area contributed by atoms with Crippen molar-refractivity contribution in [3.05, 3.63) is 47.1 Å². The van der Waals surface area contributed by atoms with Crippen LogP contribution in [0.5, 0.6) is 0 Å². The predicted molar refractivity (Wildman–Crippen MR) is 147 cm³/mol. The average molecular weight is 541 g/mol. The number of carbonyl (C=O) groups is 2. The summed E-state index contributed by atoms with van der Waals surface area (Å²) in [6, 6.07) is 11.9. The van der Waals surface area contributed by atoms with Gasteiger partial charge in [0.15, 0.2) is 11.0 Å². The Morgan fingerprint density at radius 3 is 2.18 bits per heavy atom. The number of halogens is 1. The van der Waals surface area contributed by atoms with Crippen LogP contribution in [0.1, 0.15) is 52.0 Å². The first-order chi connectivity index (χ1) is 18.0. The van der Waals surface area contributed by atoms with Gasteiger partial charge in [-0.15, -0.1) is 10.2 Å². The number of hydrogen-bond acceptors (Lipinski definition) is 7. The lowest BCUT2D eigenvalue weighted by Crippen LogP contribution is -2.66. The first-order valence-electron chi connectivity index (χ1n) is 13.4. The van der Waals surface area contributed by atoms with Crippen molar-refractivity contribution in [2.24, 2.45) is 5.41 Å². The molecule has 10 heteroatoms. The highest BCUT2D eigenvalue weighted by atomic mass is 35.5. The highest BCUT2D eigenvalue weighted by molar-refractivity contribution is 6.29. The number of nitrogen functional groups attached to an aromatic ring is 1. The van der Waals surface area contributed by atoms with Gasteiger partial charge in [0.2, 0.25) is 5.91 Å². The predicted octanol–water partition coefficient (Wildman–Crippen LogP) is 4.11. The Labute approximate surface area is 229 Å². The lowest BCUT2D eigenvalue weighted by molar-refractivity contribution is -0.154. The Morgan fingerprint density at radius 2 is 1.58 bits per heavy atom. The molecule has 9 nitrogen and oxygen atoms in total. The summed E-state index contributed by atoms with van der Waals surface area (Å²) in [6.45, 7) is 9.80. The number of likely N-dealkylation sites (tertiary alicyclic amines) is 2. The Morgan fingerprint density at radius 1 is 0.947 bits per heavy atom. The summed E-state index contributed by atoms with van der Waals surface area (Å²) in [7, 11) is 0. The van der Waals surface area contributed by atoms with Crippen LogP contribution in [-0.4, -0.2) is 76.9 Å². The van der Waals surface area contributed by atoms with Gasteiger partial charge in [0.25, 0.3) is 0 Å². The Balaban J connectivity index is 1.26. The second-order valence-corrected chi connectivity index (χ2v) is 12.4. The molecule has 3 aliphatic heterocycles. The average Bonchev–Trinajstić information content (AvgIpc) is 2.88. The number of rotatable bonds is 3. The van der Waals surface area contributed by atoms with E-state index in [1.807, 2.05) is 43.9 Å². The van der Waals surface area contributed by atoms with Gasteiger partial charge >= 0.3 is 6.09 Å². The maximum Gasteiger partial charge on any atom is 0.410 e. The summed E-state index contributed by atoms with van der Waals surface area (Å²) in [5.41, 5.74) is 6.91. The molecule has 1 aromatic heterocycles. The maximum atomic E-state index is 14.2. The van der Waals surface area contributed by atoms with Crippen molar-refractivity contribution in [2.45, 2.75) is 57.5 Å². The van der Waals surface area contributed by atoms with E-state index >= 15 is 0 Å². The van der Waals surface area contributed by atoms with Gasteiger partial charge in [0.1, 0.15) is 5.60 Å². The van der Waals surface area contributed by atoms with Crippen molar-refractivity contribution in [3.8, 4) is 0 Å². The molecule has 38 heavy (non-hydrogen) atoms. The van der Waals surface area contributed by atoms with E-state index in [0.717, 1.165) is 37.2 Å². The molecule has 1 spiro atoms. The molecule has 1 aromatic carbocycles. The van der Waals surface area contributed by atoms with E-state index in [4.69, 9.17) is 22.1 Å². The Hall–Kier alpha value is -3.07. The molecule has 204 valence electrons. The Kier molecular flexibility index (Phi) is 6.92. The van der Waals surface area contributed by atoms with Crippen LogP contribution >= 0.6 is 11.6 Å². The van der Waals surface area contributed by atoms with Crippen LogP contribution in [0.25, 0.3) is 0 Å². The number of amides is 2. The molecule has 2 amide bonds. The molecule has 3 fully saturated rings. The number of nitrogens with two attached hydrogens (primary N) is 1. The summed E-state index contributed by atoms with van der Waals surface area (Å²) in [6.07, 6.45) is 2.87. The van der Waals surface area contributed by atoms with Crippen molar-refractivity contribution in [3.63, 3.8) is 0 Å². The molecule has 3 aliphatic rings. The van der Waals surface area contributed by atoms with Crippen LogP contribution in [0.15, 0.2) is 36.4 Å². The summed E-state index contributed by atoms with van der Waals surface area (Å²) >= 11 is 6.09. The van der Waals surface area contributed by atoms with E-state index in [9.17, 15) is 9.59 Å². The van der Waals surface area contributed by atoms with Crippen LogP contribution < -0.4 is 10.6 Å².